The molecule has 9 heteroatoms. The summed E-state index contributed by atoms with van der Waals surface area (Å²) in [6, 6.07) is 7.80. The number of nitrogens with one attached hydrogen (secondary N) is 2. The predicted octanol–water partition coefficient (Wildman–Crippen LogP) is 3.15. The van der Waals surface area contributed by atoms with Crippen LogP contribution in [0.15, 0.2) is 54.0 Å². The molecule has 0 spiro atoms. The number of nitrogens with zero attached hydrogens (tertiary/aromatic N) is 5. The monoisotopic (exact) mass is 511 g/mol. The lowest BCUT2D eigenvalue weighted by atomic mass is 10.2. The normalized spacial score (nSPS) is 11.0. The Labute approximate surface area is 186 Å². The van der Waals surface area contributed by atoms with Crippen molar-refractivity contribution < 1.29 is 0 Å². The Hall–Kier alpha value is -2.20. The molecule has 0 saturated heterocycles. The van der Waals surface area contributed by atoms with Crippen LogP contribution in [0, 0.1) is 6.92 Å². The summed E-state index contributed by atoms with van der Waals surface area (Å²) in [6.07, 6.45) is 8.15. The molecule has 2 N–H and O–H groups in total. The van der Waals surface area contributed by atoms with Crippen molar-refractivity contribution in [3.8, 4) is 5.82 Å². The Bertz CT molecular complexity index is 891. The highest BCUT2D eigenvalue weighted by Crippen LogP contribution is 2.08. The van der Waals surface area contributed by atoms with E-state index >= 15 is 0 Å². The number of guanidine groups is 1. The third-order valence-electron chi connectivity index (χ3n) is 4.06. The molecule has 3 heterocycles. The molecule has 148 valence electrons. The van der Waals surface area contributed by atoms with Crippen LogP contribution in [-0.2, 0) is 13.0 Å². The Morgan fingerprint density at radius 3 is 2.46 bits per heavy atom. The first-order chi connectivity index (χ1) is 13.2. The van der Waals surface area contributed by atoms with Gasteiger partial charge < -0.3 is 10.6 Å². The van der Waals surface area contributed by atoms with E-state index in [4.69, 9.17) is 11.6 Å². The van der Waals surface area contributed by atoms with E-state index in [1.54, 1.807) is 25.5 Å². The highest BCUT2D eigenvalue weighted by Gasteiger charge is 2.03. The van der Waals surface area contributed by atoms with Gasteiger partial charge >= 0.3 is 0 Å². The molecule has 0 amide bonds. The van der Waals surface area contributed by atoms with E-state index in [-0.39, 0.29) is 24.0 Å². The number of hydrogen-bond donors (Lipinski definition) is 2. The molecule has 0 aliphatic carbocycles. The number of rotatable bonds is 6. The minimum absolute atomic E-state index is 0. The lowest BCUT2D eigenvalue weighted by Gasteiger charge is -2.12. The molecule has 0 aromatic carbocycles. The van der Waals surface area contributed by atoms with Crippen LogP contribution >= 0.6 is 35.6 Å². The summed E-state index contributed by atoms with van der Waals surface area (Å²) >= 11 is 5.80. The summed E-state index contributed by atoms with van der Waals surface area (Å²) in [5.41, 5.74) is 2.19. The molecule has 0 radical (unpaired) electrons. The van der Waals surface area contributed by atoms with Crippen LogP contribution in [0.4, 0.5) is 0 Å². The number of aryl methyl sites for hydroxylation is 1. The summed E-state index contributed by atoms with van der Waals surface area (Å²) in [7, 11) is 1.75. The van der Waals surface area contributed by atoms with E-state index in [9.17, 15) is 0 Å². The zero-order valence-corrected chi connectivity index (χ0v) is 18.8. The molecule has 7 nitrogen and oxygen atoms in total. The molecule has 3 rings (SSSR count). The second-order valence-electron chi connectivity index (χ2n) is 5.96. The number of pyridine rings is 2. The molecule has 0 atom stereocenters. The Balaban J connectivity index is 0.00000280. The lowest BCUT2D eigenvalue weighted by molar-refractivity contribution is 0.790. The quantitative estimate of drug-likeness (QED) is 0.230. The van der Waals surface area contributed by atoms with Crippen molar-refractivity contribution >= 4 is 41.5 Å². The van der Waals surface area contributed by atoms with Gasteiger partial charge in [-0.05, 0) is 36.6 Å². The topological polar surface area (TPSA) is 80.0 Å². The highest BCUT2D eigenvalue weighted by atomic mass is 127. The van der Waals surface area contributed by atoms with E-state index in [0.29, 0.717) is 11.7 Å². The van der Waals surface area contributed by atoms with E-state index in [1.165, 1.54) is 0 Å². The number of aliphatic imine (C=N–C) groups is 1. The molecular weight excluding hydrogens is 489 g/mol. The van der Waals surface area contributed by atoms with Gasteiger partial charge in [0.2, 0.25) is 0 Å². The van der Waals surface area contributed by atoms with Crippen molar-refractivity contribution in [3.63, 3.8) is 0 Å². The molecular formula is C19H23ClIN7. The number of imidazole rings is 1. The van der Waals surface area contributed by atoms with Crippen molar-refractivity contribution in [3.05, 3.63) is 71.2 Å². The molecule has 0 fully saturated rings. The molecule has 0 saturated carbocycles. The SMILES string of the molecule is CN=C(NCCc1ccc(Cl)nc1)NCc1ccc(-n2ccnc2C)nc1.I. The van der Waals surface area contributed by atoms with Gasteiger partial charge in [-0.15, -0.1) is 24.0 Å². The Morgan fingerprint density at radius 2 is 1.86 bits per heavy atom. The Morgan fingerprint density at radius 1 is 1.07 bits per heavy atom. The number of halogens is 2. The first-order valence-electron chi connectivity index (χ1n) is 8.66. The molecule has 3 aromatic heterocycles. The first kappa shape index (κ1) is 22.1. The third kappa shape index (κ3) is 6.16. The second-order valence-corrected chi connectivity index (χ2v) is 6.35. The summed E-state index contributed by atoms with van der Waals surface area (Å²) in [6.45, 7) is 3.34. The van der Waals surface area contributed by atoms with Crippen LogP contribution in [0.25, 0.3) is 5.82 Å². The third-order valence-corrected chi connectivity index (χ3v) is 4.28. The summed E-state index contributed by atoms with van der Waals surface area (Å²) in [4.78, 5) is 17.0. The van der Waals surface area contributed by atoms with E-state index in [1.807, 2.05) is 42.1 Å². The van der Waals surface area contributed by atoms with Crippen LogP contribution in [0.3, 0.4) is 0 Å². The number of hydrogen-bond acceptors (Lipinski definition) is 4. The smallest absolute Gasteiger partial charge is 0.191 e. The zero-order valence-electron chi connectivity index (χ0n) is 15.8. The van der Waals surface area contributed by atoms with Gasteiger partial charge in [-0.3, -0.25) is 9.56 Å². The van der Waals surface area contributed by atoms with E-state index in [2.05, 4.69) is 30.6 Å². The van der Waals surface area contributed by atoms with Gasteiger partial charge in [-0.2, -0.15) is 0 Å². The van der Waals surface area contributed by atoms with Gasteiger partial charge in [0, 0.05) is 44.9 Å². The van der Waals surface area contributed by atoms with E-state index < -0.39 is 0 Å². The van der Waals surface area contributed by atoms with Crippen LogP contribution in [0.1, 0.15) is 17.0 Å². The lowest BCUT2D eigenvalue weighted by Crippen LogP contribution is -2.37. The molecule has 0 unspecified atom stereocenters. The molecule has 0 bridgehead atoms. The summed E-state index contributed by atoms with van der Waals surface area (Å²) in [5, 5.41) is 7.09. The first-order valence-corrected chi connectivity index (χ1v) is 9.03. The standard InChI is InChI=1S/C19H22ClN7.HI/c1-14-22-9-10-27(14)18-6-4-16(12-25-18)13-26-19(21-2)23-8-7-15-3-5-17(20)24-11-15;/h3-6,9-12H,7-8,13H2,1-2H3,(H2,21,23,26);1H. The van der Waals surface area contributed by atoms with Crippen molar-refractivity contribution in [1.82, 2.24) is 30.2 Å². The van der Waals surface area contributed by atoms with E-state index in [0.717, 1.165) is 41.7 Å². The second kappa shape index (κ2) is 11.0. The van der Waals surface area contributed by atoms with Crippen molar-refractivity contribution in [2.45, 2.75) is 19.9 Å². The van der Waals surface area contributed by atoms with Gasteiger partial charge in [0.05, 0.1) is 0 Å². The van der Waals surface area contributed by atoms with Crippen molar-refractivity contribution in [1.29, 1.82) is 0 Å². The predicted molar refractivity (Wildman–Crippen MR) is 123 cm³/mol. The summed E-state index contributed by atoms with van der Waals surface area (Å²) < 4.78 is 1.95. The van der Waals surface area contributed by atoms with Crippen molar-refractivity contribution in [2.75, 3.05) is 13.6 Å². The average Bonchev–Trinajstić information content (AvgIpc) is 3.12. The average molecular weight is 512 g/mol. The van der Waals surface area contributed by atoms with Crippen LogP contribution in [0.2, 0.25) is 5.15 Å². The Kier molecular flexibility index (Phi) is 8.65. The maximum atomic E-state index is 5.80. The van der Waals surface area contributed by atoms with Gasteiger partial charge in [-0.25, -0.2) is 15.0 Å². The highest BCUT2D eigenvalue weighted by molar-refractivity contribution is 14.0. The largest absolute Gasteiger partial charge is 0.356 e. The maximum absolute atomic E-state index is 5.80. The van der Waals surface area contributed by atoms with Gasteiger partial charge in [0.25, 0.3) is 0 Å². The van der Waals surface area contributed by atoms with Crippen molar-refractivity contribution in [2.24, 2.45) is 4.99 Å². The van der Waals surface area contributed by atoms with Gasteiger partial charge in [-0.1, -0.05) is 23.7 Å². The molecule has 3 aromatic rings. The fraction of sp³-hybridized carbons (Fsp3) is 0.263. The fourth-order valence-corrected chi connectivity index (χ4v) is 2.68. The maximum Gasteiger partial charge on any atom is 0.191 e. The molecule has 0 aliphatic heterocycles. The zero-order chi connectivity index (χ0) is 19.1. The minimum atomic E-state index is 0. The van der Waals surface area contributed by atoms with Crippen LogP contribution < -0.4 is 10.6 Å². The van der Waals surface area contributed by atoms with Gasteiger partial charge in [0.15, 0.2) is 5.96 Å². The molecule has 0 aliphatic rings. The fourth-order valence-electron chi connectivity index (χ4n) is 2.57. The van der Waals surface area contributed by atoms with Crippen LogP contribution in [0.5, 0.6) is 0 Å². The van der Waals surface area contributed by atoms with Gasteiger partial charge in [0.1, 0.15) is 16.8 Å². The van der Waals surface area contributed by atoms with Crippen LogP contribution in [-0.4, -0.2) is 39.1 Å². The minimum Gasteiger partial charge on any atom is -0.356 e. The molecule has 28 heavy (non-hydrogen) atoms. The summed E-state index contributed by atoms with van der Waals surface area (Å²) in [5.74, 6) is 2.51. The number of aromatic nitrogens is 4.